The predicted molar refractivity (Wildman–Crippen MR) is 76.8 cm³/mol. The van der Waals surface area contributed by atoms with Gasteiger partial charge in [0.2, 0.25) is 0 Å². The van der Waals surface area contributed by atoms with Gasteiger partial charge in [-0.05, 0) is 23.8 Å². The highest BCUT2D eigenvalue weighted by Crippen LogP contribution is 2.35. The fourth-order valence-electron chi connectivity index (χ4n) is 1.87. The average Bonchev–Trinajstić information content (AvgIpc) is 2.46. The Balaban J connectivity index is 2.29. The molecule has 0 saturated heterocycles. The molecule has 0 aromatic heterocycles. The van der Waals surface area contributed by atoms with Crippen LogP contribution >= 0.6 is 15.9 Å². The minimum absolute atomic E-state index is 0.0286. The number of hydrogen-bond acceptors (Lipinski definition) is 2. The van der Waals surface area contributed by atoms with E-state index < -0.39 is 17.3 Å². The van der Waals surface area contributed by atoms with E-state index in [4.69, 9.17) is 4.74 Å². The third-order valence-corrected chi connectivity index (χ3v) is 3.88. The smallest absolute Gasteiger partial charge is 0.387 e. The first kappa shape index (κ1) is 15.7. The summed E-state index contributed by atoms with van der Waals surface area (Å²) in [5, 5.41) is 0. The number of alkyl halides is 3. The quantitative estimate of drug-likeness (QED) is 0.704. The van der Waals surface area contributed by atoms with Crippen LogP contribution in [0.4, 0.5) is 13.2 Å². The van der Waals surface area contributed by atoms with Gasteiger partial charge in [-0.3, -0.25) is 0 Å². The Morgan fingerprint density at radius 1 is 1.05 bits per heavy atom. The van der Waals surface area contributed by atoms with E-state index in [2.05, 4.69) is 20.7 Å². The summed E-state index contributed by atoms with van der Waals surface area (Å²) in [7, 11) is 1.45. The summed E-state index contributed by atoms with van der Waals surface area (Å²) in [5.74, 6) is -0.0111. The number of ether oxygens (including phenoxy) is 2. The molecule has 2 aromatic carbocycles. The molecule has 0 aliphatic heterocycles. The fourth-order valence-corrected chi connectivity index (χ4v) is 2.52. The van der Waals surface area contributed by atoms with Gasteiger partial charge in [-0.25, -0.2) is 4.39 Å². The molecule has 2 aromatic rings. The third-order valence-electron chi connectivity index (χ3n) is 2.86. The molecule has 0 fully saturated rings. The van der Waals surface area contributed by atoms with Crippen molar-refractivity contribution in [2.24, 2.45) is 0 Å². The van der Waals surface area contributed by atoms with Crippen molar-refractivity contribution in [1.29, 1.82) is 0 Å². The summed E-state index contributed by atoms with van der Waals surface area (Å²) in [5.41, 5.74) is 0.988. The average molecular weight is 361 g/mol. The molecular formula is C15H12BrF3O2. The van der Waals surface area contributed by atoms with Crippen LogP contribution in [0.15, 0.2) is 42.5 Å². The summed E-state index contributed by atoms with van der Waals surface area (Å²) in [6.07, 6.45) is 0. The Morgan fingerprint density at radius 3 is 2.43 bits per heavy atom. The van der Waals surface area contributed by atoms with Crippen LogP contribution < -0.4 is 9.47 Å². The minimum atomic E-state index is -2.90. The van der Waals surface area contributed by atoms with Crippen molar-refractivity contribution in [3.8, 4) is 11.5 Å². The van der Waals surface area contributed by atoms with Crippen molar-refractivity contribution in [2.75, 3.05) is 7.11 Å². The van der Waals surface area contributed by atoms with Crippen molar-refractivity contribution in [3.63, 3.8) is 0 Å². The molecule has 2 rings (SSSR count). The van der Waals surface area contributed by atoms with Crippen molar-refractivity contribution in [3.05, 3.63) is 59.4 Å². The van der Waals surface area contributed by atoms with Gasteiger partial charge in [0, 0.05) is 11.6 Å². The van der Waals surface area contributed by atoms with Gasteiger partial charge in [0.25, 0.3) is 0 Å². The summed E-state index contributed by atoms with van der Waals surface area (Å²) < 4.78 is 47.7. The molecule has 1 unspecified atom stereocenters. The standard InChI is InChI=1S/C15H12BrF3O2/c1-20-10-5-6-12(13(17)8-10)14(16)9-3-2-4-11(7-9)21-15(18)19/h2-8,14-15H,1H3. The normalized spacial score (nSPS) is 12.3. The molecule has 0 N–H and O–H groups in total. The Labute approximate surface area is 128 Å². The highest BCUT2D eigenvalue weighted by atomic mass is 79.9. The maximum Gasteiger partial charge on any atom is 0.387 e. The van der Waals surface area contributed by atoms with Gasteiger partial charge >= 0.3 is 6.61 Å². The molecule has 0 amide bonds. The second-order valence-electron chi connectivity index (χ2n) is 4.20. The van der Waals surface area contributed by atoms with E-state index in [-0.39, 0.29) is 5.75 Å². The highest BCUT2D eigenvalue weighted by Gasteiger charge is 2.16. The molecular weight excluding hydrogens is 349 g/mol. The monoisotopic (exact) mass is 360 g/mol. The van der Waals surface area contributed by atoms with Gasteiger partial charge in [-0.1, -0.05) is 34.1 Å². The third kappa shape index (κ3) is 3.91. The Bertz CT molecular complexity index is 620. The van der Waals surface area contributed by atoms with Crippen LogP contribution in [0.2, 0.25) is 0 Å². The molecule has 0 spiro atoms. The first-order chi connectivity index (χ1) is 10.0. The van der Waals surface area contributed by atoms with Crippen LogP contribution in [0.1, 0.15) is 16.0 Å². The SMILES string of the molecule is COc1ccc(C(Br)c2cccc(OC(F)F)c2)c(F)c1. The van der Waals surface area contributed by atoms with E-state index in [1.165, 1.54) is 25.3 Å². The first-order valence-electron chi connectivity index (χ1n) is 6.03. The molecule has 0 saturated carbocycles. The summed E-state index contributed by atoms with van der Waals surface area (Å²) in [4.78, 5) is -0.482. The topological polar surface area (TPSA) is 18.5 Å². The van der Waals surface area contributed by atoms with Crippen LogP contribution in [0.3, 0.4) is 0 Å². The lowest BCUT2D eigenvalue weighted by Gasteiger charge is -2.14. The molecule has 0 bridgehead atoms. The number of methoxy groups -OCH3 is 1. The van der Waals surface area contributed by atoms with Gasteiger partial charge in [0.15, 0.2) is 0 Å². The molecule has 0 radical (unpaired) electrons. The molecule has 21 heavy (non-hydrogen) atoms. The molecule has 1 atom stereocenters. The number of halogens is 4. The van der Waals surface area contributed by atoms with Crippen LogP contribution in [-0.2, 0) is 0 Å². The van der Waals surface area contributed by atoms with E-state index in [9.17, 15) is 13.2 Å². The zero-order valence-corrected chi connectivity index (χ0v) is 12.6. The van der Waals surface area contributed by atoms with Crippen molar-refractivity contribution >= 4 is 15.9 Å². The molecule has 2 nitrogen and oxygen atoms in total. The second kappa shape index (κ2) is 6.85. The van der Waals surface area contributed by atoms with Crippen LogP contribution in [0.5, 0.6) is 11.5 Å². The molecule has 6 heteroatoms. The Kier molecular flexibility index (Phi) is 5.12. The van der Waals surface area contributed by atoms with Gasteiger partial charge in [0.05, 0.1) is 11.9 Å². The van der Waals surface area contributed by atoms with E-state index in [0.717, 1.165) is 0 Å². The van der Waals surface area contributed by atoms with Crippen molar-refractivity contribution in [1.82, 2.24) is 0 Å². The zero-order valence-electron chi connectivity index (χ0n) is 11.0. The molecule has 0 heterocycles. The van der Waals surface area contributed by atoms with Crippen LogP contribution in [-0.4, -0.2) is 13.7 Å². The Morgan fingerprint density at radius 2 is 1.81 bits per heavy atom. The van der Waals surface area contributed by atoms with Gasteiger partial charge in [-0.15, -0.1) is 0 Å². The number of benzene rings is 2. The number of rotatable bonds is 5. The van der Waals surface area contributed by atoms with E-state index in [0.29, 0.717) is 16.9 Å². The molecule has 0 aliphatic rings. The van der Waals surface area contributed by atoms with Crippen LogP contribution in [0.25, 0.3) is 0 Å². The first-order valence-corrected chi connectivity index (χ1v) is 6.95. The zero-order chi connectivity index (χ0) is 15.4. The fraction of sp³-hybridized carbons (Fsp3) is 0.200. The molecule has 112 valence electrons. The summed E-state index contributed by atoms with van der Waals surface area (Å²) in [6, 6.07) is 10.6. The van der Waals surface area contributed by atoms with Crippen molar-refractivity contribution in [2.45, 2.75) is 11.4 Å². The lowest BCUT2D eigenvalue weighted by atomic mass is 10.0. The van der Waals surface area contributed by atoms with E-state index >= 15 is 0 Å². The van der Waals surface area contributed by atoms with E-state index in [1.54, 1.807) is 24.3 Å². The Hall–Kier alpha value is -1.69. The van der Waals surface area contributed by atoms with Gasteiger partial charge in [-0.2, -0.15) is 8.78 Å². The van der Waals surface area contributed by atoms with Gasteiger partial charge < -0.3 is 9.47 Å². The van der Waals surface area contributed by atoms with Gasteiger partial charge in [0.1, 0.15) is 17.3 Å². The largest absolute Gasteiger partial charge is 0.497 e. The molecule has 0 aliphatic carbocycles. The maximum absolute atomic E-state index is 14.0. The lowest BCUT2D eigenvalue weighted by Crippen LogP contribution is -2.03. The highest BCUT2D eigenvalue weighted by molar-refractivity contribution is 9.09. The minimum Gasteiger partial charge on any atom is -0.497 e. The van der Waals surface area contributed by atoms with E-state index in [1.807, 2.05) is 0 Å². The lowest BCUT2D eigenvalue weighted by molar-refractivity contribution is -0.0498. The predicted octanol–water partition coefficient (Wildman–Crippen LogP) is 4.92. The maximum atomic E-state index is 14.0. The summed E-state index contributed by atoms with van der Waals surface area (Å²) in [6.45, 7) is -2.90. The van der Waals surface area contributed by atoms with Crippen LogP contribution in [0, 0.1) is 5.82 Å². The summed E-state index contributed by atoms with van der Waals surface area (Å²) >= 11 is 3.37. The second-order valence-corrected chi connectivity index (χ2v) is 5.12. The number of hydrogen-bond donors (Lipinski definition) is 0. The van der Waals surface area contributed by atoms with Crippen molar-refractivity contribution < 1.29 is 22.6 Å².